The molecule has 0 unspecified atom stereocenters. The van der Waals surface area contributed by atoms with Crippen LogP contribution in [0.15, 0.2) is 0 Å². The highest BCUT2D eigenvalue weighted by Gasteiger charge is 2.27. The fourth-order valence-electron chi connectivity index (χ4n) is 2.67. The van der Waals surface area contributed by atoms with E-state index in [2.05, 4.69) is 5.32 Å². The molecule has 4 amide bonds. The SMILES string of the molecule is O=C(NCCCCCN1C(=O)CCC1=O)N1CCCC1. The maximum absolute atomic E-state index is 11.7. The first-order chi connectivity index (χ1) is 9.68. The Morgan fingerprint density at radius 3 is 2.30 bits per heavy atom. The monoisotopic (exact) mass is 281 g/mol. The van der Waals surface area contributed by atoms with Crippen molar-refractivity contribution < 1.29 is 14.4 Å². The third kappa shape index (κ3) is 3.95. The number of rotatable bonds is 6. The fourth-order valence-corrected chi connectivity index (χ4v) is 2.67. The molecule has 0 aromatic rings. The largest absolute Gasteiger partial charge is 0.338 e. The van der Waals surface area contributed by atoms with Gasteiger partial charge in [-0.15, -0.1) is 0 Å². The number of amides is 4. The van der Waals surface area contributed by atoms with Crippen molar-refractivity contribution in [2.24, 2.45) is 0 Å². The standard InChI is InChI=1S/C14H23N3O3/c18-12-6-7-13(19)17(12)11-3-1-2-8-15-14(20)16-9-4-5-10-16/h1-11H2,(H,15,20). The van der Waals surface area contributed by atoms with Gasteiger partial charge in [0.15, 0.2) is 0 Å². The zero-order chi connectivity index (χ0) is 14.4. The quantitative estimate of drug-likeness (QED) is 0.585. The summed E-state index contributed by atoms with van der Waals surface area (Å²) in [4.78, 5) is 37.7. The van der Waals surface area contributed by atoms with Crippen molar-refractivity contribution in [3.05, 3.63) is 0 Å². The Morgan fingerprint density at radius 1 is 1.00 bits per heavy atom. The van der Waals surface area contributed by atoms with E-state index in [-0.39, 0.29) is 17.8 Å². The highest BCUT2D eigenvalue weighted by atomic mass is 16.2. The molecule has 2 heterocycles. The van der Waals surface area contributed by atoms with Gasteiger partial charge >= 0.3 is 6.03 Å². The Kier molecular flexibility index (Phi) is 5.38. The number of hydrogen-bond acceptors (Lipinski definition) is 3. The van der Waals surface area contributed by atoms with E-state index in [1.165, 1.54) is 4.90 Å². The third-order valence-electron chi connectivity index (χ3n) is 3.88. The number of hydrogen-bond donors (Lipinski definition) is 1. The molecule has 0 aliphatic carbocycles. The first kappa shape index (κ1) is 14.8. The number of unbranched alkanes of at least 4 members (excludes halogenated alkanes) is 2. The van der Waals surface area contributed by atoms with Crippen LogP contribution in [-0.2, 0) is 9.59 Å². The van der Waals surface area contributed by atoms with Gasteiger partial charge in [0.05, 0.1) is 0 Å². The topological polar surface area (TPSA) is 69.7 Å². The van der Waals surface area contributed by atoms with Crippen LogP contribution in [-0.4, -0.2) is 53.8 Å². The van der Waals surface area contributed by atoms with Crippen LogP contribution in [0.25, 0.3) is 0 Å². The van der Waals surface area contributed by atoms with E-state index in [0.717, 1.165) is 45.2 Å². The molecule has 1 N–H and O–H groups in total. The van der Waals surface area contributed by atoms with Crippen LogP contribution in [0.1, 0.15) is 44.9 Å². The second kappa shape index (κ2) is 7.26. The van der Waals surface area contributed by atoms with Crippen molar-refractivity contribution in [2.45, 2.75) is 44.9 Å². The molecule has 2 fully saturated rings. The molecule has 2 rings (SSSR count). The normalized spacial score (nSPS) is 19.0. The molecule has 20 heavy (non-hydrogen) atoms. The molecule has 6 heteroatoms. The lowest BCUT2D eigenvalue weighted by Gasteiger charge is -2.16. The van der Waals surface area contributed by atoms with Gasteiger partial charge in [-0.2, -0.15) is 0 Å². The fraction of sp³-hybridized carbons (Fsp3) is 0.786. The minimum Gasteiger partial charge on any atom is -0.338 e. The number of nitrogens with one attached hydrogen (secondary N) is 1. The second-order valence-corrected chi connectivity index (χ2v) is 5.43. The second-order valence-electron chi connectivity index (χ2n) is 5.43. The lowest BCUT2D eigenvalue weighted by molar-refractivity contribution is -0.138. The molecule has 0 spiro atoms. The Bertz CT molecular complexity index is 362. The van der Waals surface area contributed by atoms with Crippen LogP contribution in [0.3, 0.4) is 0 Å². The number of urea groups is 1. The average Bonchev–Trinajstić information content (AvgIpc) is 3.06. The molecule has 2 aliphatic rings. The smallest absolute Gasteiger partial charge is 0.317 e. The summed E-state index contributed by atoms with van der Waals surface area (Å²) < 4.78 is 0. The van der Waals surface area contributed by atoms with Gasteiger partial charge in [0.25, 0.3) is 0 Å². The van der Waals surface area contributed by atoms with Crippen molar-refractivity contribution in [1.29, 1.82) is 0 Å². The molecule has 0 aromatic heterocycles. The summed E-state index contributed by atoms with van der Waals surface area (Å²) in [5, 5.41) is 2.91. The minimum atomic E-state index is -0.0441. The number of carbonyl (C=O) groups is 3. The molecule has 0 bridgehead atoms. The zero-order valence-electron chi connectivity index (χ0n) is 11.9. The number of nitrogens with zero attached hydrogens (tertiary/aromatic N) is 2. The number of likely N-dealkylation sites (tertiary alicyclic amines) is 2. The third-order valence-corrected chi connectivity index (χ3v) is 3.88. The summed E-state index contributed by atoms with van der Waals surface area (Å²) >= 11 is 0. The van der Waals surface area contributed by atoms with E-state index in [0.29, 0.717) is 25.9 Å². The summed E-state index contributed by atoms with van der Waals surface area (Å²) in [6.07, 6.45) is 5.55. The van der Waals surface area contributed by atoms with Crippen molar-refractivity contribution in [1.82, 2.24) is 15.1 Å². The van der Waals surface area contributed by atoms with Crippen LogP contribution in [0.5, 0.6) is 0 Å². The van der Waals surface area contributed by atoms with Crippen LogP contribution in [0.4, 0.5) is 4.79 Å². The van der Waals surface area contributed by atoms with Gasteiger partial charge in [-0.25, -0.2) is 4.79 Å². The predicted molar refractivity (Wildman–Crippen MR) is 74.0 cm³/mol. The van der Waals surface area contributed by atoms with Gasteiger partial charge in [-0.3, -0.25) is 14.5 Å². The molecule has 6 nitrogen and oxygen atoms in total. The van der Waals surface area contributed by atoms with Crippen LogP contribution in [0, 0.1) is 0 Å². The lowest BCUT2D eigenvalue weighted by atomic mass is 10.2. The summed E-state index contributed by atoms with van der Waals surface area (Å²) in [5.74, 6) is -0.0883. The molecule has 0 radical (unpaired) electrons. The summed E-state index contributed by atoms with van der Waals surface area (Å²) in [5.41, 5.74) is 0. The van der Waals surface area contributed by atoms with E-state index in [9.17, 15) is 14.4 Å². The molecule has 0 atom stereocenters. The van der Waals surface area contributed by atoms with Crippen LogP contribution < -0.4 is 5.32 Å². The Morgan fingerprint density at radius 2 is 1.65 bits per heavy atom. The van der Waals surface area contributed by atoms with Crippen molar-refractivity contribution >= 4 is 17.8 Å². The molecular formula is C14H23N3O3. The minimum absolute atomic E-state index is 0.0346. The first-order valence-electron chi connectivity index (χ1n) is 7.54. The van der Waals surface area contributed by atoms with Gasteiger partial charge in [-0.1, -0.05) is 0 Å². The maximum Gasteiger partial charge on any atom is 0.317 e. The van der Waals surface area contributed by atoms with Gasteiger partial charge in [0.1, 0.15) is 0 Å². The van der Waals surface area contributed by atoms with Gasteiger partial charge in [-0.05, 0) is 32.1 Å². The summed E-state index contributed by atoms with van der Waals surface area (Å²) in [6.45, 7) is 2.92. The molecule has 112 valence electrons. The van der Waals surface area contributed by atoms with Gasteiger partial charge in [0, 0.05) is 39.0 Å². The Hall–Kier alpha value is -1.59. The molecule has 2 saturated heterocycles. The van der Waals surface area contributed by atoms with E-state index in [1.54, 1.807) is 0 Å². The molecule has 2 aliphatic heterocycles. The lowest BCUT2D eigenvalue weighted by Crippen LogP contribution is -2.38. The molecule has 0 aromatic carbocycles. The van der Waals surface area contributed by atoms with E-state index in [4.69, 9.17) is 0 Å². The van der Waals surface area contributed by atoms with E-state index in [1.807, 2.05) is 4.90 Å². The molecular weight excluding hydrogens is 258 g/mol. The van der Waals surface area contributed by atoms with E-state index < -0.39 is 0 Å². The average molecular weight is 281 g/mol. The molecule has 0 saturated carbocycles. The van der Waals surface area contributed by atoms with Crippen molar-refractivity contribution in [2.75, 3.05) is 26.2 Å². The van der Waals surface area contributed by atoms with Crippen molar-refractivity contribution in [3.8, 4) is 0 Å². The highest BCUT2D eigenvalue weighted by Crippen LogP contribution is 2.12. The number of carbonyl (C=O) groups excluding carboxylic acids is 3. The number of imide groups is 1. The zero-order valence-corrected chi connectivity index (χ0v) is 11.9. The maximum atomic E-state index is 11.7. The highest BCUT2D eigenvalue weighted by molar-refractivity contribution is 6.01. The van der Waals surface area contributed by atoms with E-state index >= 15 is 0 Å². The summed E-state index contributed by atoms with van der Waals surface area (Å²) in [6, 6.07) is 0.0346. The Labute approximate surface area is 119 Å². The predicted octanol–water partition coefficient (Wildman–Crippen LogP) is 1.11. The first-order valence-corrected chi connectivity index (χ1v) is 7.54. The van der Waals surface area contributed by atoms with Gasteiger partial charge in [0.2, 0.25) is 11.8 Å². The Balaban J connectivity index is 1.50. The summed E-state index contributed by atoms with van der Waals surface area (Å²) in [7, 11) is 0. The van der Waals surface area contributed by atoms with Gasteiger partial charge < -0.3 is 10.2 Å². The van der Waals surface area contributed by atoms with Crippen molar-refractivity contribution in [3.63, 3.8) is 0 Å². The van der Waals surface area contributed by atoms with Crippen LogP contribution in [0.2, 0.25) is 0 Å². The van der Waals surface area contributed by atoms with Crippen LogP contribution >= 0.6 is 0 Å².